The number of ketones is 1. The Kier molecular flexibility index (Phi) is 4.50. The normalized spacial score (nSPS) is 24.7. The summed E-state index contributed by atoms with van der Waals surface area (Å²) in [4.78, 5) is 11.3. The third kappa shape index (κ3) is 3.03. The van der Waals surface area contributed by atoms with Gasteiger partial charge in [0, 0.05) is 28.9 Å². The zero-order chi connectivity index (χ0) is 21.1. The van der Waals surface area contributed by atoms with Crippen LogP contribution in [0.3, 0.4) is 0 Å². The smallest absolute Gasteiger partial charge is 0.236 e. The van der Waals surface area contributed by atoms with Gasteiger partial charge in [0.05, 0.1) is 17.6 Å². The molecule has 0 N–H and O–H groups in total. The lowest BCUT2D eigenvalue weighted by Gasteiger charge is -2.32. The summed E-state index contributed by atoms with van der Waals surface area (Å²) in [5.74, 6) is 1.66. The van der Waals surface area contributed by atoms with Gasteiger partial charge in [0.2, 0.25) is 10.0 Å². The molecular formula is C24H27NO3S. The van der Waals surface area contributed by atoms with Crippen LogP contribution < -0.4 is 0 Å². The first-order chi connectivity index (χ1) is 13.5. The van der Waals surface area contributed by atoms with Gasteiger partial charge in [-0.15, -0.1) is 0 Å². The van der Waals surface area contributed by atoms with Crippen LogP contribution in [0.15, 0.2) is 49.6 Å². The second-order valence-electron chi connectivity index (χ2n) is 8.95. The van der Waals surface area contributed by atoms with Gasteiger partial charge >= 0.3 is 0 Å². The molecule has 5 rings (SSSR count). The Morgan fingerprint density at radius 1 is 1.00 bits per heavy atom. The Hall–Kier alpha value is -2.40. The molecule has 2 atom stereocenters. The van der Waals surface area contributed by atoms with Gasteiger partial charge in [-0.2, -0.15) is 0 Å². The second kappa shape index (κ2) is 6.56. The molecule has 2 aliphatic carbocycles. The van der Waals surface area contributed by atoms with E-state index in [4.69, 9.17) is 0 Å². The monoisotopic (exact) mass is 409 g/mol. The van der Waals surface area contributed by atoms with Crippen LogP contribution in [0.2, 0.25) is 0 Å². The van der Waals surface area contributed by atoms with Crippen LogP contribution in [-0.4, -0.2) is 24.8 Å². The first-order valence-corrected chi connectivity index (χ1v) is 11.8. The Morgan fingerprint density at radius 3 is 1.90 bits per heavy atom. The molecular weight excluding hydrogens is 382 g/mol. The highest BCUT2D eigenvalue weighted by atomic mass is 32.2. The minimum absolute atomic E-state index is 0.344. The Labute approximate surface area is 173 Å². The van der Waals surface area contributed by atoms with Gasteiger partial charge in [0.15, 0.2) is 0 Å². The van der Waals surface area contributed by atoms with E-state index in [0.29, 0.717) is 34.4 Å². The number of carbonyl (C=O) groups excluding carboxylic acids is 1. The van der Waals surface area contributed by atoms with E-state index < -0.39 is 10.0 Å². The lowest BCUT2D eigenvalue weighted by Crippen LogP contribution is -2.29. The zero-order valence-electron chi connectivity index (χ0n) is 17.2. The van der Waals surface area contributed by atoms with E-state index in [9.17, 15) is 13.2 Å². The topological polar surface area (TPSA) is 54.5 Å². The fourth-order valence-corrected chi connectivity index (χ4v) is 6.32. The van der Waals surface area contributed by atoms with Crippen LogP contribution in [0.1, 0.15) is 44.2 Å². The lowest BCUT2D eigenvalue weighted by atomic mass is 9.82. The molecule has 2 bridgehead atoms. The molecule has 0 saturated heterocycles. The molecule has 152 valence electrons. The van der Waals surface area contributed by atoms with Crippen molar-refractivity contribution in [3.8, 4) is 0 Å². The van der Waals surface area contributed by atoms with Gasteiger partial charge in [-0.05, 0) is 29.6 Å². The molecule has 2 saturated carbocycles. The maximum absolute atomic E-state index is 11.9. The summed E-state index contributed by atoms with van der Waals surface area (Å²) < 4.78 is 25.1. The van der Waals surface area contributed by atoms with Crippen LogP contribution in [0, 0.1) is 17.3 Å². The Balaban J connectivity index is 0.000000171. The third-order valence-electron chi connectivity index (χ3n) is 6.94. The zero-order valence-corrected chi connectivity index (χ0v) is 18.1. The number of fused-ring (bicyclic) bond motifs is 2. The summed E-state index contributed by atoms with van der Waals surface area (Å²) in [6, 6.07) is 11.6. The number of carbonyl (C=O) groups is 1. The van der Waals surface area contributed by atoms with Crippen molar-refractivity contribution in [2.75, 3.05) is 6.26 Å². The number of rotatable bonds is 1. The summed E-state index contributed by atoms with van der Waals surface area (Å²) in [5.41, 5.74) is 2.93. The van der Waals surface area contributed by atoms with Crippen molar-refractivity contribution in [1.82, 2.24) is 4.31 Å². The number of hydrogen-bond donors (Lipinski definition) is 0. The second-order valence-corrected chi connectivity index (χ2v) is 10.8. The minimum Gasteiger partial charge on any atom is -0.299 e. The van der Waals surface area contributed by atoms with Gasteiger partial charge in [0.1, 0.15) is 5.78 Å². The molecule has 2 unspecified atom stereocenters. The van der Waals surface area contributed by atoms with Gasteiger partial charge in [-0.3, -0.25) is 4.79 Å². The molecule has 5 heteroatoms. The van der Waals surface area contributed by atoms with E-state index in [2.05, 4.69) is 27.0 Å². The first kappa shape index (κ1) is 19.9. The molecule has 4 nitrogen and oxygen atoms in total. The SMILES string of the molecule is C=C1c2cccc3cccc(c23)C(=C)N1S(C)(=O)=O.CC1(C)C2CCC1C(=O)C2. The predicted octanol–water partition coefficient (Wildman–Crippen LogP) is 5.07. The highest BCUT2D eigenvalue weighted by molar-refractivity contribution is 7.89. The van der Waals surface area contributed by atoms with E-state index in [1.54, 1.807) is 0 Å². The first-order valence-electron chi connectivity index (χ1n) is 9.96. The number of sulfonamides is 1. The van der Waals surface area contributed by atoms with Crippen LogP contribution in [0.25, 0.3) is 22.2 Å². The number of benzene rings is 2. The molecule has 1 heterocycles. The maximum Gasteiger partial charge on any atom is 0.236 e. The van der Waals surface area contributed by atoms with Crippen LogP contribution in [0.4, 0.5) is 0 Å². The van der Waals surface area contributed by atoms with E-state index >= 15 is 0 Å². The molecule has 2 fully saturated rings. The van der Waals surface area contributed by atoms with Gasteiger partial charge < -0.3 is 0 Å². The van der Waals surface area contributed by atoms with E-state index in [-0.39, 0.29) is 0 Å². The van der Waals surface area contributed by atoms with E-state index in [1.807, 2.05) is 36.4 Å². The van der Waals surface area contributed by atoms with E-state index in [0.717, 1.165) is 41.0 Å². The highest BCUT2D eigenvalue weighted by Crippen LogP contribution is 2.55. The minimum atomic E-state index is -3.43. The predicted molar refractivity (Wildman–Crippen MR) is 118 cm³/mol. The fraction of sp³-hybridized carbons (Fsp3) is 0.375. The maximum atomic E-state index is 11.9. The van der Waals surface area contributed by atoms with Crippen LogP contribution in [-0.2, 0) is 14.8 Å². The van der Waals surface area contributed by atoms with Gasteiger partial charge in [-0.25, -0.2) is 12.7 Å². The molecule has 2 aromatic rings. The summed E-state index contributed by atoms with van der Waals surface area (Å²) in [5, 5.41) is 2.07. The van der Waals surface area contributed by atoms with Crippen molar-refractivity contribution in [2.24, 2.45) is 17.3 Å². The molecule has 0 spiro atoms. The van der Waals surface area contributed by atoms with Crippen LogP contribution in [0.5, 0.6) is 0 Å². The highest BCUT2D eigenvalue weighted by Gasteiger charge is 2.52. The van der Waals surface area contributed by atoms with E-state index in [1.165, 1.54) is 10.7 Å². The molecule has 29 heavy (non-hydrogen) atoms. The summed E-state index contributed by atoms with van der Waals surface area (Å²) >= 11 is 0. The standard InChI is InChI=1S/C15H13NO2S.C9H14O/c1-10-13-8-4-6-12-7-5-9-14(15(12)13)11(2)16(10)19(3,17)18;1-9(2)6-3-4-7(9)8(10)5-6/h4-9H,1-2H2,3H3;6-7H,3-5H2,1-2H3. The molecule has 0 amide bonds. The number of nitrogens with zero attached hydrogens (tertiary/aromatic N) is 1. The van der Waals surface area contributed by atoms with Crippen LogP contribution >= 0.6 is 0 Å². The van der Waals surface area contributed by atoms with Crippen molar-refractivity contribution in [1.29, 1.82) is 0 Å². The average Bonchev–Trinajstić information content (AvgIpc) is 3.05. The summed E-state index contributed by atoms with van der Waals surface area (Å²) in [6.07, 6.45) is 4.50. The van der Waals surface area contributed by atoms with Crippen molar-refractivity contribution < 1.29 is 13.2 Å². The largest absolute Gasteiger partial charge is 0.299 e. The molecule has 0 radical (unpaired) electrons. The summed E-state index contributed by atoms with van der Waals surface area (Å²) in [7, 11) is -3.43. The van der Waals surface area contributed by atoms with Gasteiger partial charge in [-0.1, -0.05) is 63.4 Å². The Morgan fingerprint density at radius 2 is 1.55 bits per heavy atom. The molecule has 1 aliphatic heterocycles. The molecule has 3 aliphatic rings. The Bertz CT molecular complexity index is 1110. The third-order valence-corrected chi connectivity index (χ3v) is 8.04. The average molecular weight is 410 g/mol. The lowest BCUT2D eigenvalue weighted by molar-refractivity contribution is -0.122. The number of hydrogen-bond acceptors (Lipinski definition) is 3. The van der Waals surface area contributed by atoms with Crippen molar-refractivity contribution in [3.05, 3.63) is 60.7 Å². The quantitative estimate of drug-likeness (QED) is 0.661. The fourth-order valence-electron chi connectivity index (χ4n) is 5.33. The summed E-state index contributed by atoms with van der Waals surface area (Å²) in [6.45, 7) is 12.3. The van der Waals surface area contributed by atoms with Crippen molar-refractivity contribution in [2.45, 2.75) is 33.1 Å². The molecule has 2 aromatic carbocycles. The van der Waals surface area contributed by atoms with Crippen molar-refractivity contribution in [3.63, 3.8) is 0 Å². The molecule has 0 aromatic heterocycles. The van der Waals surface area contributed by atoms with Gasteiger partial charge in [0.25, 0.3) is 0 Å². The van der Waals surface area contributed by atoms with Crippen molar-refractivity contribution >= 4 is 38.0 Å². The number of Topliss-reactive ketones (excluding diaryl/α,β-unsaturated/α-hetero) is 1.